The second kappa shape index (κ2) is 5.66. The molecule has 0 aliphatic carbocycles. The molecule has 0 atom stereocenters. The predicted molar refractivity (Wildman–Crippen MR) is 76.2 cm³/mol. The van der Waals surface area contributed by atoms with Crippen molar-refractivity contribution < 1.29 is 14.3 Å². The van der Waals surface area contributed by atoms with E-state index in [2.05, 4.69) is 16.1 Å². The Bertz CT molecular complexity index is 896. The molecule has 3 rings (SSSR count). The van der Waals surface area contributed by atoms with Gasteiger partial charge in [-0.3, -0.25) is 4.94 Å². The van der Waals surface area contributed by atoms with Crippen LogP contribution in [0, 0.1) is 11.3 Å². The standard InChI is InChI=1S/C16H10FN3O2/c17-22-16(21)8-13-10-19-20-6-5-11(7-15(13)20)14-4-2-1-3-12(14)9-18/h1-7,10H,8H2. The van der Waals surface area contributed by atoms with Crippen LogP contribution in [-0.2, 0) is 16.2 Å². The number of rotatable bonds is 3. The molecule has 0 N–H and O–H groups in total. The van der Waals surface area contributed by atoms with E-state index in [9.17, 15) is 14.6 Å². The van der Waals surface area contributed by atoms with Crippen LogP contribution in [-0.4, -0.2) is 15.6 Å². The second-order valence-corrected chi connectivity index (χ2v) is 4.70. The topological polar surface area (TPSA) is 67.4 Å². The average Bonchev–Trinajstić information content (AvgIpc) is 2.96. The number of hydrogen-bond donors (Lipinski definition) is 0. The van der Waals surface area contributed by atoms with Gasteiger partial charge in [0, 0.05) is 16.3 Å². The lowest BCUT2D eigenvalue weighted by molar-refractivity contribution is -0.182. The lowest BCUT2D eigenvalue weighted by Gasteiger charge is -2.05. The molecule has 22 heavy (non-hydrogen) atoms. The predicted octanol–water partition coefficient (Wildman–Crippen LogP) is 2.84. The molecule has 0 saturated heterocycles. The van der Waals surface area contributed by atoms with Crippen LogP contribution in [0.5, 0.6) is 0 Å². The van der Waals surface area contributed by atoms with Gasteiger partial charge in [0.15, 0.2) is 0 Å². The summed E-state index contributed by atoms with van der Waals surface area (Å²) in [5.74, 6) is -0.974. The van der Waals surface area contributed by atoms with Gasteiger partial charge in [0.05, 0.1) is 29.8 Å². The van der Waals surface area contributed by atoms with E-state index in [-0.39, 0.29) is 6.42 Å². The molecule has 0 aliphatic rings. The van der Waals surface area contributed by atoms with E-state index < -0.39 is 5.97 Å². The van der Waals surface area contributed by atoms with E-state index in [1.165, 1.54) is 6.20 Å². The van der Waals surface area contributed by atoms with Crippen LogP contribution < -0.4 is 0 Å². The minimum Gasteiger partial charge on any atom is -0.255 e. The smallest absolute Gasteiger partial charge is 0.255 e. The van der Waals surface area contributed by atoms with Gasteiger partial charge in [-0.05, 0) is 29.3 Å². The number of fused-ring (bicyclic) bond motifs is 1. The molecule has 0 fully saturated rings. The van der Waals surface area contributed by atoms with Gasteiger partial charge in [-0.1, -0.05) is 18.2 Å². The van der Waals surface area contributed by atoms with E-state index in [1.54, 1.807) is 22.8 Å². The largest absolute Gasteiger partial charge is 0.353 e. The molecule has 0 unspecified atom stereocenters. The molecule has 0 spiro atoms. The highest BCUT2D eigenvalue weighted by Gasteiger charge is 2.12. The van der Waals surface area contributed by atoms with E-state index >= 15 is 0 Å². The molecule has 0 amide bonds. The maximum absolute atomic E-state index is 11.9. The highest BCUT2D eigenvalue weighted by atomic mass is 19.3. The Kier molecular flexibility index (Phi) is 3.54. The molecule has 5 nitrogen and oxygen atoms in total. The quantitative estimate of drug-likeness (QED) is 0.745. The van der Waals surface area contributed by atoms with Crippen molar-refractivity contribution >= 4 is 11.5 Å². The first-order valence-electron chi connectivity index (χ1n) is 6.50. The zero-order valence-electron chi connectivity index (χ0n) is 11.4. The van der Waals surface area contributed by atoms with Crippen molar-refractivity contribution in [2.45, 2.75) is 6.42 Å². The first kappa shape index (κ1) is 13.8. The third-order valence-electron chi connectivity index (χ3n) is 3.38. The van der Waals surface area contributed by atoms with Crippen LogP contribution >= 0.6 is 0 Å². The lowest BCUT2D eigenvalue weighted by Crippen LogP contribution is -2.02. The number of carbonyl (C=O) groups excluding carboxylic acids is 1. The monoisotopic (exact) mass is 295 g/mol. The van der Waals surface area contributed by atoms with Crippen molar-refractivity contribution in [2.24, 2.45) is 0 Å². The molecular formula is C16H10FN3O2. The summed E-state index contributed by atoms with van der Waals surface area (Å²) in [6.07, 6.45) is 3.01. The summed E-state index contributed by atoms with van der Waals surface area (Å²) in [6.45, 7) is 0. The molecule has 0 radical (unpaired) electrons. The highest BCUT2D eigenvalue weighted by molar-refractivity contribution is 5.78. The highest BCUT2D eigenvalue weighted by Crippen LogP contribution is 2.25. The van der Waals surface area contributed by atoms with E-state index in [4.69, 9.17) is 0 Å². The van der Waals surface area contributed by atoms with Crippen LogP contribution in [0.25, 0.3) is 16.6 Å². The SMILES string of the molecule is N#Cc1ccccc1-c1ccn2ncc(CC(=O)OF)c2c1. The Morgan fingerprint density at radius 3 is 2.95 bits per heavy atom. The Balaban J connectivity index is 2.11. The van der Waals surface area contributed by atoms with Crippen molar-refractivity contribution in [1.29, 1.82) is 5.26 Å². The van der Waals surface area contributed by atoms with Gasteiger partial charge in [0.25, 0.3) is 0 Å². The summed E-state index contributed by atoms with van der Waals surface area (Å²) >= 11 is 0. The van der Waals surface area contributed by atoms with Crippen LogP contribution in [0.2, 0.25) is 0 Å². The summed E-state index contributed by atoms with van der Waals surface area (Å²) in [7, 11) is 0. The minimum absolute atomic E-state index is 0.205. The number of pyridine rings is 1. The number of nitriles is 1. The van der Waals surface area contributed by atoms with E-state index in [0.717, 1.165) is 11.1 Å². The van der Waals surface area contributed by atoms with Crippen LogP contribution in [0.15, 0.2) is 48.8 Å². The van der Waals surface area contributed by atoms with E-state index in [1.807, 2.05) is 24.3 Å². The zero-order chi connectivity index (χ0) is 15.5. The first-order valence-corrected chi connectivity index (χ1v) is 6.50. The van der Waals surface area contributed by atoms with Gasteiger partial charge >= 0.3 is 5.97 Å². The van der Waals surface area contributed by atoms with Gasteiger partial charge < -0.3 is 0 Å². The van der Waals surface area contributed by atoms with Crippen molar-refractivity contribution in [1.82, 2.24) is 9.61 Å². The van der Waals surface area contributed by atoms with Gasteiger partial charge in [-0.15, -0.1) is 0 Å². The molecule has 1 aromatic carbocycles. The van der Waals surface area contributed by atoms with Crippen molar-refractivity contribution in [3.05, 3.63) is 59.9 Å². The number of hydrogen-bond acceptors (Lipinski definition) is 4. The van der Waals surface area contributed by atoms with Crippen LogP contribution in [0.4, 0.5) is 4.53 Å². The van der Waals surface area contributed by atoms with Gasteiger partial charge in [0.2, 0.25) is 0 Å². The van der Waals surface area contributed by atoms with Crippen molar-refractivity contribution in [3.63, 3.8) is 0 Å². The average molecular weight is 295 g/mol. The summed E-state index contributed by atoms with van der Waals surface area (Å²) < 4.78 is 13.5. The summed E-state index contributed by atoms with van der Waals surface area (Å²) in [5.41, 5.74) is 3.37. The molecule has 0 aliphatic heterocycles. The Hall–Kier alpha value is -3.20. The first-order chi connectivity index (χ1) is 10.7. The van der Waals surface area contributed by atoms with Crippen LogP contribution in [0.3, 0.4) is 0 Å². The summed E-state index contributed by atoms with van der Waals surface area (Å²) in [5, 5.41) is 13.3. The number of aromatic nitrogens is 2. The summed E-state index contributed by atoms with van der Waals surface area (Å²) in [6, 6.07) is 13.0. The fourth-order valence-electron chi connectivity index (χ4n) is 2.35. The fraction of sp³-hybridized carbons (Fsp3) is 0.0625. The Labute approximate surface area is 125 Å². The van der Waals surface area contributed by atoms with Gasteiger partial charge in [0.1, 0.15) is 0 Å². The molecule has 6 heteroatoms. The third-order valence-corrected chi connectivity index (χ3v) is 3.38. The molecule has 2 heterocycles. The van der Waals surface area contributed by atoms with Crippen molar-refractivity contribution in [3.8, 4) is 17.2 Å². The maximum atomic E-state index is 11.9. The third kappa shape index (κ3) is 2.40. The molecule has 2 aromatic heterocycles. The van der Waals surface area contributed by atoms with Crippen molar-refractivity contribution in [2.75, 3.05) is 0 Å². The lowest BCUT2D eigenvalue weighted by atomic mass is 10.0. The Morgan fingerprint density at radius 1 is 1.36 bits per heavy atom. The molecule has 3 aromatic rings. The van der Waals surface area contributed by atoms with E-state index in [0.29, 0.717) is 16.6 Å². The second-order valence-electron chi connectivity index (χ2n) is 4.70. The molecule has 0 saturated carbocycles. The normalized spacial score (nSPS) is 10.4. The number of carbonyl (C=O) groups is 1. The zero-order valence-corrected chi connectivity index (χ0v) is 11.4. The number of benzene rings is 1. The fourth-order valence-corrected chi connectivity index (χ4v) is 2.35. The van der Waals surface area contributed by atoms with Gasteiger partial charge in [-0.2, -0.15) is 10.4 Å². The number of halogens is 1. The minimum atomic E-state index is -0.974. The number of nitrogens with zero attached hydrogens (tertiary/aromatic N) is 3. The molecular weight excluding hydrogens is 285 g/mol. The molecule has 0 bridgehead atoms. The molecule has 108 valence electrons. The maximum Gasteiger partial charge on any atom is 0.353 e. The summed E-state index contributed by atoms with van der Waals surface area (Å²) in [4.78, 5) is 14.3. The Morgan fingerprint density at radius 2 is 2.18 bits per heavy atom. The van der Waals surface area contributed by atoms with Crippen LogP contribution in [0.1, 0.15) is 11.1 Å². The van der Waals surface area contributed by atoms with Gasteiger partial charge in [-0.25, -0.2) is 9.31 Å².